The Morgan fingerprint density at radius 1 is 0.593 bits per heavy atom. The molecule has 0 amide bonds. The summed E-state index contributed by atoms with van der Waals surface area (Å²) in [5, 5.41) is 18.3. The van der Waals surface area contributed by atoms with E-state index < -0.39 is 33.2 Å². The van der Waals surface area contributed by atoms with Crippen molar-refractivity contribution >= 4 is 13.8 Å². The predicted octanol–water partition coefficient (Wildman–Crippen LogP) is 11.8. The molecule has 3 N–H and O–H groups in total. The molecule has 9 nitrogen and oxygen atoms in total. The highest BCUT2D eigenvalue weighted by atomic mass is 31.2. The Hall–Kier alpha value is -1.58. The summed E-state index contributed by atoms with van der Waals surface area (Å²) in [6, 6.07) is 0. The van der Waals surface area contributed by atoms with Gasteiger partial charge in [0.15, 0.2) is 0 Å². The minimum Gasteiger partial charge on any atom is -0.457 e. The van der Waals surface area contributed by atoms with E-state index in [1.165, 1.54) is 89.9 Å². The number of unbranched alkanes of at least 4 members (excludes halogenated alkanes) is 19. The average Bonchev–Trinajstić information content (AvgIpc) is 3.16. The number of esters is 1. The van der Waals surface area contributed by atoms with Crippen molar-refractivity contribution in [2.24, 2.45) is 0 Å². The van der Waals surface area contributed by atoms with Gasteiger partial charge >= 0.3 is 13.8 Å². The number of aliphatic hydroxyl groups excluding tert-OH is 2. The van der Waals surface area contributed by atoms with Gasteiger partial charge in [0, 0.05) is 13.0 Å². The number of hydrogen-bond acceptors (Lipinski definition) is 8. The van der Waals surface area contributed by atoms with Gasteiger partial charge in [-0.15, -0.1) is 0 Å². The number of phosphoric ester groups is 1. The maximum Gasteiger partial charge on any atom is 0.472 e. The van der Waals surface area contributed by atoms with Gasteiger partial charge in [0.2, 0.25) is 0 Å². The second-order valence-electron chi connectivity index (χ2n) is 14.3. The Morgan fingerprint density at radius 2 is 1.06 bits per heavy atom. The van der Waals surface area contributed by atoms with Crippen molar-refractivity contribution in [2.75, 3.05) is 33.0 Å². The van der Waals surface area contributed by atoms with E-state index in [9.17, 15) is 19.4 Å². The van der Waals surface area contributed by atoms with E-state index >= 15 is 0 Å². The molecule has 0 aliphatic heterocycles. The van der Waals surface area contributed by atoms with Crippen molar-refractivity contribution in [2.45, 2.75) is 193 Å². The normalized spacial score (nSPS) is 14.5. The monoisotopic (exact) mass is 785 g/mol. The number of phosphoric acid groups is 1. The topological polar surface area (TPSA) is 132 Å². The van der Waals surface area contributed by atoms with Gasteiger partial charge in [0.1, 0.15) is 12.2 Å². The van der Waals surface area contributed by atoms with E-state index in [2.05, 4.69) is 62.5 Å². The Labute approximate surface area is 330 Å². The number of carbonyl (C=O) groups excluding carboxylic acids is 1. The maximum atomic E-state index is 12.6. The SMILES string of the molecule is CC/C=C\C/C=C\C/C=C\C/C=C\CCCCCCCCCOCC(COP(=O)(O)OCC(O)CO)OC(=O)CCCCCCCCCCCCCCC. The maximum absolute atomic E-state index is 12.6. The van der Waals surface area contributed by atoms with Crippen molar-refractivity contribution in [1.29, 1.82) is 0 Å². The third kappa shape index (κ3) is 40.1. The van der Waals surface area contributed by atoms with E-state index in [1.807, 2.05) is 0 Å². The summed E-state index contributed by atoms with van der Waals surface area (Å²) in [6.45, 7) is 3.38. The average molecular weight is 785 g/mol. The van der Waals surface area contributed by atoms with Crippen molar-refractivity contribution in [3.05, 3.63) is 48.6 Å². The van der Waals surface area contributed by atoms with Crippen molar-refractivity contribution in [1.82, 2.24) is 0 Å². The molecular formula is C44H81O9P. The first kappa shape index (κ1) is 52.4. The highest BCUT2D eigenvalue weighted by molar-refractivity contribution is 7.47. The van der Waals surface area contributed by atoms with Crippen molar-refractivity contribution in [3.8, 4) is 0 Å². The van der Waals surface area contributed by atoms with Crippen LogP contribution >= 0.6 is 7.82 Å². The summed E-state index contributed by atoms with van der Waals surface area (Å²) in [5.74, 6) is -0.387. The van der Waals surface area contributed by atoms with E-state index in [4.69, 9.17) is 23.6 Å². The summed E-state index contributed by atoms with van der Waals surface area (Å²) in [5.41, 5.74) is 0. The van der Waals surface area contributed by atoms with Gasteiger partial charge in [0.25, 0.3) is 0 Å². The molecule has 3 atom stereocenters. The molecule has 0 saturated carbocycles. The minimum atomic E-state index is -4.52. The predicted molar refractivity (Wildman–Crippen MR) is 223 cm³/mol. The molecule has 3 unspecified atom stereocenters. The molecule has 0 bridgehead atoms. The summed E-state index contributed by atoms with van der Waals surface area (Å²) in [7, 11) is -4.52. The van der Waals surface area contributed by atoms with E-state index in [1.54, 1.807) is 0 Å². The summed E-state index contributed by atoms with van der Waals surface area (Å²) in [6.07, 6.45) is 44.9. The second-order valence-corrected chi connectivity index (χ2v) is 15.8. The Bertz CT molecular complexity index is 981. The molecule has 0 rings (SSSR count). The van der Waals surface area contributed by atoms with Gasteiger partial charge in [-0.05, 0) is 51.4 Å². The molecule has 0 heterocycles. The molecule has 0 aromatic heterocycles. The van der Waals surface area contributed by atoms with Crippen LogP contribution in [0.4, 0.5) is 0 Å². The van der Waals surface area contributed by atoms with Gasteiger partial charge in [-0.3, -0.25) is 13.8 Å². The molecule has 0 saturated heterocycles. The van der Waals surface area contributed by atoms with Crippen LogP contribution in [0.25, 0.3) is 0 Å². The number of carbonyl (C=O) groups is 1. The van der Waals surface area contributed by atoms with Crippen molar-refractivity contribution < 1.29 is 43.0 Å². The van der Waals surface area contributed by atoms with Crippen LogP contribution in [0.2, 0.25) is 0 Å². The third-order valence-electron chi connectivity index (χ3n) is 9.03. The van der Waals surface area contributed by atoms with Gasteiger partial charge in [-0.25, -0.2) is 4.57 Å². The lowest BCUT2D eigenvalue weighted by Crippen LogP contribution is -2.29. The lowest BCUT2D eigenvalue weighted by atomic mass is 10.0. The zero-order valence-electron chi connectivity index (χ0n) is 34.4. The fourth-order valence-electron chi connectivity index (χ4n) is 5.76. The number of rotatable bonds is 41. The summed E-state index contributed by atoms with van der Waals surface area (Å²) >= 11 is 0. The molecule has 10 heteroatoms. The second kappa shape index (κ2) is 41.1. The van der Waals surface area contributed by atoms with E-state index in [0.29, 0.717) is 6.61 Å². The van der Waals surface area contributed by atoms with Crippen LogP contribution in [-0.2, 0) is 27.9 Å². The third-order valence-corrected chi connectivity index (χ3v) is 9.98. The summed E-state index contributed by atoms with van der Waals surface area (Å²) in [4.78, 5) is 22.5. The van der Waals surface area contributed by atoms with Crippen LogP contribution in [0.3, 0.4) is 0 Å². The highest BCUT2D eigenvalue weighted by Crippen LogP contribution is 2.43. The van der Waals surface area contributed by atoms with Gasteiger partial charge in [-0.1, -0.05) is 172 Å². The zero-order chi connectivity index (χ0) is 39.6. The van der Waals surface area contributed by atoms with Crippen LogP contribution in [-0.4, -0.2) is 66.3 Å². The van der Waals surface area contributed by atoms with Crippen LogP contribution < -0.4 is 0 Å². The molecule has 0 radical (unpaired) electrons. The Balaban J connectivity index is 4.17. The molecule has 0 aliphatic carbocycles. The fourth-order valence-corrected chi connectivity index (χ4v) is 6.55. The number of aliphatic hydroxyl groups is 2. The van der Waals surface area contributed by atoms with Gasteiger partial charge in [-0.2, -0.15) is 0 Å². The van der Waals surface area contributed by atoms with E-state index in [-0.39, 0.29) is 25.6 Å². The molecule has 316 valence electrons. The highest BCUT2D eigenvalue weighted by Gasteiger charge is 2.26. The molecule has 0 spiro atoms. The quantitative estimate of drug-likeness (QED) is 0.0240. The minimum absolute atomic E-state index is 0.0426. The molecular weight excluding hydrogens is 703 g/mol. The summed E-state index contributed by atoms with van der Waals surface area (Å²) < 4.78 is 33.3. The molecule has 54 heavy (non-hydrogen) atoms. The van der Waals surface area contributed by atoms with Gasteiger partial charge < -0.3 is 24.6 Å². The van der Waals surface area contributed by atoms with Crippen molar-refractivity contribution in [3.63, 3.8) is 0 Å². The fraction of sp³-hybridized carbons (Fsp3) is 0.795. The first-order valence-electron chi connectivity index (χ1n) is 21.6. The smallest absolute Gasteiger partial charge is 0.457 e. The van der Waals surface area contributed by atoms with Crippen LogP contribution in [0.15, 0.2) is 48.6 Å². The van der Waals surface area contributed by atoms with Gasteiger partial charge in [0.05, 0.1) is 26.4 Å². The zero-order valence-corrected chi connectivity index (χ0v) is 35.3. The first-order valence-corrected chi connectivity index (χ1v) is 23.1. The number of hydrogen-bond donors (Lipinski definition) is 3. The molecule has 0 aliphatic rings. The van der Waals surface area contributed by atoms with Crippen LogP contribution in [0.5, 0.6) is 0 Å². The molecule has 0 fully saturated rings. The Morgan fingerprint density at radius 3 is 1.59 bits per heavy atom. The molecule has 0 aromatic rings. The Kier molecular flexibility index (Phi) is 39.9. The largest absolute Gasteiger partial charge is 0.472 e. The van der Waals surface area contributed by atoms with E-state index in [0.717, 1.165) is 70.6 Å². The van der Waals surface area contributed by atoms with Crippen LogP contribution in [0, 0.1) is 0 Å². The number of allylic oxidation sites excluding steroid dienone is 8. The molecule has 0 aromatic carbocycles. The first-order chi connectivity index (χ1) is 26.3. The van der Waals surface area contributed by atoms with Crippen LogP contribution in [0.1, 0.15) is 181 Å². The standard InChI is InChI=1S/C44H81O9P/c1-3-5-7-9-11-13-15-17-18-19-20-21-22-23-25-27-29-31-33-35-37-50-40-43(41-52-54(48,49)51-39-42(46)38-45)53-44(47)36-34-32-30-28-26-24-16-14-12-10-8-6-4-2/h5,7,11,13,17-18,20-21,42-43,45-46H,3-4,6,8-10,12,14-16,19,22-41H2,1-2H3,(H,48,49)/b7-5-,13-11-,18-17-,21-20-. The lowest BCUT2D eigenvalue weighted by Gasteiger charge is -2.20. The lowest BCUT2D eigenvalue weighted by molar-refractivity contribution is -0.154. The number of ether oxygens (including phenoxy) is 2.